The third kappa shape index (κ3) is 8.12. The van der Waals surface area contributed by atoms with Crippen LogP contribution in [0.1, 0.15) is 32.6 Å². The molecule has 0 saturated carbocycles. The second-order valence-electron chi connectivity index (χ2n) is 4.46. The molecule has 0 radical (unpaired) electrons. The Hall–Kier alpha value is -0.260. The molecule has 0 fully saturated rings. The van der Waals surface area contributed by atoms with E-state index in [1.165, 1.54) is 0 Å². The van der Waals surface area contributed by atoms with E-state index >= 15 is 0 Å². The van der Waals surface area contributed by atoms with Gasteiger partial charge in [-0.3, -0.25) is 8.74 Å². The van der Waals surface area contributed by atoms with Gasteiger partial charge in [-0.25, -0.2) is 0 Å². The summed E-state index contributed by atoms with van der Waals surface area (Å²) in [6.45, 7) is 1.23. The quantitative estimate of drug-likeness (QED) is 0.339. The molecule has 0 amide bonds. The Balaban J connectivity index is 4.44. The Morgan fingerprint density at radius 1 is 1.20 bits per heavy atom. The molecule has 2 atom stereocenters. The van der Waals surface area contributed by atoms with Gasteiger partial charge in [0, 0.05) is 12.6 Å². The average Bonchev–Trinajstić information content (AvgIpc) is 2.27. The number of aliphatic hydroxyl groups excluding tert-OH is 1. The molecule has 0 aromatic rings. The summed E-state index contributed by atoms with van der Waals surface area (Å²) in [6, 6.07) is -0.964. The summed E-state index contributed by atoms with van der Waals surface area (Å²) in [6.07, 6.45) is 0.558. The number of hydrogen-bond donors (Lipinski definition) is 3. The number of rotatable bonds is 11. The third-order valence-electron chi connectivity index (χ3n) is 2.68. The van der Waals surface area contributed by atoms with Gasteiger partial charge < -0.3 is 10.8 Å². The maximum Gasteiger partial charge on any atom is 0.269 e. The molecule has 0 aromatic carbocycles. The number of nitrogens with two attached hydrogens (primary N) is 1. The molecule has 0 aliphatic rings. The van der Waals surface area contributed by atoms with Crippen molar-refractivity contribution in [1.82, 2.24) is 0 Å². The SMILES string of the molecule is CCCS(=O)(=O)OCCC(N)C(CCCO)S(=O)(=O)O. The third-order valence-corrected chi connectivity index (χ3v) is 5.46. The molecule has 0 aromatic heterocycles. The molecule has 0 aliphatic carbocycles. The summed E-state index contributed by atoms with van der Waals surface area (Å²) >= 11 is 0. The zero-order chi connectivity index (χ0) is 15.8. The number of hydrogen-bond acceptors (Lipinski definition) is 7. The van der Waals surface area contributed by atoms with E-state index in [0.29, 0.717) is 6.42 Å². The zero-order valence-electron chi connectivity index (χ0n) is 11.4. The minimum Gasteiger partial charge on any atom is -0.396 e. The topological polar surface area (TPSA) is 144 Å². The molecule has 0 bridgehead atoms. The van der Waals surface area contributed by atoms with Crippen LogP contribution in [-0.4, -0.2) is 56.8 Å². The van der Waals surface area contributed by atoms with Crippen molar-refractivity contribution in [2.45, 2.75) is 43.9 Å². The van der Waals surface area contributed by atoms with Crippen LogP contribution < -0.4 is 5.73 Å². The van der Waals surface area contributed by atoms with Gasteiger partial charge in [-0.15, -0.1) is 0 Å². The van der Waals surface area contributed by atoms with Gasteiger partial charge in [0.25, 0.3) is 20.2 Å². The Bertz CT molecular complexity index is 460. The van der Waals surface area contributed by atoms with Gasteiger partial charge in [0.05, 0.1) is 12.4 Å². The van der Waals surface area contributed by atoms with Crippen molar-refractivity contribution in [3.05, 3.63) is 0 Å². The van der Waals surface area contributed by atoms with E-state index in [9.17, 15) is 16.8 Å². The molecule has 0 rings (SSSR count). The summed E-state index contributed by atoms with van der Waals surface area (Å²) in [5, 5.41) is 7.44. The van der Waals surface area contributed by atoms with Gasteiger partial charge in [-0.05, 0) is 25.7 Å². The molecule has 122 valence electrons. The molecule has 2 unspecified atom stereocenters. The van der Waals surface area contributed by atoms with E-state index in [1.54, 1.807) is 6.92 Å². The molecular formula is C10H23NO7S2. The first-order chi connectivity index (χ1) is 9.14. The van der Waals surface area contributed by atoms with Gasteiger partial charge in [-0.1, -0.05) is 6.92 Å². The lowest BCUT2D eigenvalue weighted by Crippen LogP contribution is -2.41. The summed E-state index contributed by atoms with van der Waals surface area (Å²) < 4.78 is 58.7. The maximum absolute atomic E-state index is 11.3. The van der Waals surface area contributed by atoms with Gasteiger partial charge in [0.2, 0.25) is 0 Å². The molecule has 4 N–H and O–H groups in total. The van der Waals surface area contributed by atoms with E-state index in [1.807, 2.05) is 0 Å². The fourth-order valence-corrected chi connectivity index (χ4v) is 3.69. The predicted molar refractivity (Wildman–Crippen MR) is 74.3 cm³/mol. The van der Waals surface area contributed by atoms with Crippen molar-refractivity contribution >= 4 is 20.2 Å². The van der Waals surface area contributed by atoms with Crippen LogP contribution >= 0.6 is 0 Å². The van der Waals surface area contributed by atoms with Crippen molar-refractivity contribution < 1.29 is 30.7 Å². The van der Waals surface area contributed by atoms with Crippen molar-refractivity contribution in [1.29, 1.82) is 0 Å². The Morgan fingerprint density at radius 2 is 1.80 bits per heavy atom. The van der Waals surface area contributed by atoms with Gasteiger partial charge >= 0.3 is 0 Å². The van der Waals surface area contributed by atoms with E-state index in [0.717, 1.165) is 0 Å². The molecule has 10 heteroatoms. The lowest BCUT2D eigenvalue weighted by atomic mass is 10.1. The number of aliphatic hydroxyl groups is 1. The normalized spacial score (nSPS) is 16.0. The molecule has 8 nitrogen and oxygen atoms in total. The highest BCUT2D eigenvalue weighted by Crippen LogP contribution is 2.13. The smallest absolute Gasteiger partial charge is 0.269 e. The van der Waals surface area contributed by atoms with Crippen LogP contribution in [0.3, 0.4) is 0 Å². The Morgan fingerprint density at radius 3 is 2.25 bits per heavy atom. The predicted octanol–water partition coefficient (Wildman–Crippen LogP) is -0.511. The van der Waals surface area contributed by atoms with Crippen molar-refractivity contribution in [2.24, 2.45) is 5.73 Å². The van der Waals surface area contributed by atoms with Gasteiger partial charge in [0.1, 0.15) is 5.25 Å². The van der Waals surface area contributed by atoms with Crippen molar-refractivity contribution in [3.8, 4) is 0 Å². The molecule has 0 saturated heterocycles. The lowest BCUT2D eigenvalue weighted by Gasteiger charge is -2.20. The van der Waals surface area contributed by atoms with Crippen LogP contribution in [0.2, 0.25) is 0 Å². The standard InChI is InChI=1S/C10H23NO7S2/c1-2-8-19(13,14)18-7-5-9(11)10(4-3-6-12)20(15,16)17/h9-10,12H,2-8,11H2,1H3,(H,15,16,17). The lowest BCUT2D eigenvalue weighted by molar-refractivity contribution is 0.272. The maximum atomic E-state index is 11.3. The fourth-order valence-electron chi connectivity index (χ4n) is 1.68. The fraction of sp³-hybridized carbons (Fsp3) is 1.00. The largest absolute Gasteiger partial charge is 0.396 e. The zero-order valence-corrected chi connectivity index (χ0v) is 13.1. The first-order valence-corrected chi connectivity index (χ1v) is 9.42. The van der Waals surface area contributed by atoms with Crippen LogP contribution in [-0.2, 0) is 24.4 Å². The highest BCUT2D eigenvalue weighted by Gasteiger charge is 2.29. The molecule has 20 heavy (non-hydrogen) atoms. The Labute approximate surface area is 120 Å². The van der Waals surface area contributed by atoms with Crippen molar-refractivity contribution in [2.75, 3.05) is 19.0 Å². The highest BCUT2D eigenvalue weighted by molar-refractivity contribution is 7.86. The van der Waals surface area contributed by atoms with Crippen molar-refractivity contribution in [3.63, 3.8) is 0 Å². The summed E-state index contributed by atoms with van der Waals surface area (Å²) in [5.41, 5.74) is 5.65. The van der Waals surface area contributed by atoms with Crippen LogP contribution in [0.5, 0.6) is 0 Å². The molecule has 0 spiro atoms. The van der Waals surface area contributed by atoms with E-state index < -0.39 is 31.5 Å². The molecule has 0 heterocycles. The average molecular weight is 333 g/mol. The Kier molecular flexibility index (Phi) is 8.79. The second kappa shape index (κ2) is 8.90. The monoisotopic (exact) mass is 333 g/mol. The van der Waals surface area contributed by atoms with Gasteiger partial charge in [0.15, 0.2) is 0 Å². The highest BCUT2D eigenvalue weighted by atomic mass is 32.2. The summed E-state index contributed by atoms with van der Waals surface area (Å²) in [5.74, 6) is -0.117. The van der Waals surface area contributed by atoms with Gasteiger partial charge in [-0.2, -0.15) is 16.8 Å². The first-order valence-electron chi connectivity index (χ1n) is 6.34. The van der Waals surface area contributed by atoms with E-state index in [-0.39, 0.29) is 38.2 Å². The minimum atomic E-state index is -4.35. The van der Waals surface area contributed by atoms with E-state index in [4.69, 9.17) is 15.4 Å². The molecular weight excluding hydrogens is 310 g/mol. The van der Waals surface area contributed by atoms with Crippen LogP contribution in [0, 0.1) is 0 Å². The van der Waals surface area contributed by atoms with E-state index in [2.05, 4.69) is 4.18 Å². The summed E-state index contributed by atoms with van der Waals surface area (Å²) in [7, 11) is -7.97. The summed E-state index contributed by atoms with van der Waals surface area (Å²) in [4.78, 5) is 0. The minimum absolute atomic E-state index is 0.00178. The second-order valence-corrected chi connectivity index (χ2v) is 7.85. The van der Waals surface area contributed by atoms with Crippen LogP contribution in [0.4, 0.5) is 0 Å². The van der Waals surface area contributed by atoms with Crippen LogP contribution in [0.25, 0.3) is 0 Å². The molecule has 0 aliphatic heterocycles. The van der Waals surface area contributed by atoms with Crippen LogP contribution in [0.15, 0.2) is 0 Å². The first kappa shape index (κ1) is 19.7.